The third-order valence-corrected chi connectivity index (χ3v) is 3.87. The van der Waals surface area contributed by atoms with Crippen LogP contribution in [0.4, 0.5) is 5.95 Å². The molecular weight excluding hydrogens is 372 g/mol. The lowest BCUT2D eigenvalue weighted by atomic mass is 10.2. The van der Waals surface area contributed by atoms with Crippen molar-refractivity contribution in [3.8, 4) is 11.5 Å². The Kier molecular flexibility index (Phi) is 5.77. The zero-order valence-corrected chi connectivity index (χ0v) is 15.4. The lowest BCUT2D eigenvalue weighted by Crippen LogP contribution is -2.13. The summed E-state index contributed by atoms with van der Waals surface area (Å²) in [6, 6.07) is 11.0. The molecule has 1 heterocycles. The number of nitrogens with zero attached hydrogens (tertiary/aromatic N) is 2. The summed E-state index contributed by atoms with van der Waals surface area (Å²) in [7, 11) is 2.75. The molecule has 1 aromatic heterocycles. The Balaban J connectivity index is 1.73. The van der Waals surface area contributed by atoms with E-state index in [1.54, 1.807) is 18.3 Å². The number of H-pyrrole nitrogens is 1. The van der Waals surface area contributed by atoms with E-state index in [2.05, 4.69) is 25.2 Å². The van der Waals surface area contributed by atoms with Crippen LogP contribution in [0.25, 0.3) is 11.0 Å². The van der Waals surface area contributed by atoms with Gasteiger partial charge in [0.1, 0.15) is 0 Å². The second-order valence-corrected chi connectivity index (χ2v) is 5.78. The smallest absolute Gasteiger partial charge is 0.343 e. The number of halogens is 1. The number of aromatic amines is 1. The minimum atomic E-state index is -0.520. The molecule has 3 aromatic rings. The Morgan fingerprint density at radius 1 is 1.33 bits per heavy atom. The first kappa shape index (κ1) is 18.5. The second-order valence-electron chi connectivity index (χ2n) is 5.37. The standard InChI is InChI=1S/C18H17ClN4O4/c1-25-15-8-11(7-12(19)17(15)27-10-16(24)26-2)9-20-23-18-21-13-5-3-4-6-14(13)22-18/h3-9H,10H2,1-2H3,(H2,21,22,23)/b20-9+. The van der Waals surface area contributed by atoms with Crippen molar-refractivity contribution in [3.05, 3.63) is 47.0 Å². The van der Waals surface area contributed by atoms with Crippen molar-refractivity contribution < 1.29 is 19.0 Å². The molecule has 0 amide bonds. The fourth-order valence-electron chi connectivity index (χ4n) is 2.32. The zero-order chi connectivity index (χ0) is 19.2. The predicted octanol–water partition coefficient (Wildman–Crippen LogP) is 3.22. The molecule has 0 spiro atoms. The number of hydrogen-bond donors (Lipinski definition) is 2. The van der Waals surface area contributed by atoms with Gasteiger partial charge in [0, 0.05) is 0 Å². The molecule has 0 aliphatic heterocycles. The topological polar surface area (TPSA) is 97.8 Å². The first-order valence-corrected chi connectivity index (χ1v) is 8.29. The number of methoxy groups -OCH3 is 2. The van der Waals surface area contributed by atoms with E-state index < -0.39 is 5.97 Å². The van der Waals surface area contributed by atoms with E-state index in [0.29, 0.717) is 17.3 Å². The van der Waals surface area contributed by atoms with Crippen LogP contribution in [0.1, 0.15) is 5.56 Å². The highest BCUT2D eigenvalue weighted by Gasteiger charge is 2.13. The van der Waals surface area contributed by atoms with Crippen molar-refractivity contribution in [1.29, 1.82) is 0 Å². The third kappa shape index (κ3) is 4.48. The number of nitrogens with one attached hydrogen (secondary N) is 2. The van der Waals surface area contributed by atoms with E-state index in [9.17, 15) is 4.79 Å². The molecule has 140 valence electrons. The molecule has 0 unspecified atom stereocenters. The van der Waals surface area contributed by atoms with E-state index in [-0.39, 0.29) is 17.4 Å². The molecule has 0 atom stereocenters. The summed E-state index contributed by atoms with van der Waals surface area (Å²) in [5.74, 6) is 0.626. The quantitative estimate of drug-likeness (QED) is 0.366. The number of para-hydroxylation sites is 2. The second kappa shape index (κ2) is 8.41. The van der Waals surface area contributed by atoms with Crippen LogP contribution >= 0.6 is 11.6 Å². The van der Waals surface area contributed by atoms with Gasteiger partial charge >= 0.3 is 5.97 Å². The first-order valence-electron chi connectivity index (χ1n) is 7.91. The maximum absolute atomic E-state index is 11.2. The van der Waals surface area contributed by atoms with Gasteiger partial charge in [-0.25, -0.2) is 15.2 Å². The Bertz CT molecular complexity index is 954. The molecule has 0 fully saturated rings. The van der Waals surface area contributed by atoms with Crippen molar-refractivity contribution in [2.45, 2.75) is 0 Å². The van der Waals surface area contributed by atoms with E-state index in [0.717, 1.165) is 11.0 Å². The number of rotatable bonds is 7. The molecule has 27 heavy (non-hydrogen) atoms. The van der Waals surface area contributed by atoms with Gasteiger partial charge in [-0.2, -0.15) is 5.10 Å². The highest BCUT2D eigenvalue weighted by atomic mass is 35.5. The van der Waals surface area contributed by atoms with Gasteiger partial charge in [-0.15, -0.1) is 0 Å². The Hall–Kier alpha value is -3.26. The molecule has 2 N–H and O–H groups in total. The monoisotopic (exact) mass is 388 g/mol. The third-order valence-electron chi connectivity index (χ3n) is 3.59. The van der Waals surface area contributed by atoms with Crippen molar-refractivity contribution >= 4 is 40.8 Å². The molecule has 2 aromatic carbocycles. The minimum Gasteiger partial charge on any atom is -0.493 e. The molecule has 0 saturated heterocycles. The number of esters is 1. The maximum atomic E-state index is 11.2. The largest absolute Gasteiger partial charge is 0.493 e. The zero-order valence-electron chi connectivity index (χ0n) is 14.7. The highest BCUT2D eigenvalue weighted by Crippen LogP contribution is 2.36. The summed E-state index contributed by atoms with van der Waals surface area (Å²) in [5.41, 5.74) is 5.25. The van der Waals surface area contributed by atoms with Crippen LogP contribution in [-0.4, -0.2) is 43.0 Å². The van der Waals surface area contributed by atoms with Crippen molar-refractivity contribution in [1.82, 2.24) is 9.97 Å². The summed E-state index contributed by atoms with van der Waals surface area (Å²) < 4.78 is 15.2. The molecule has 0 bridgehead atoms. The molecular formula is C18H17ClN4O4. The molecule has 8 nitrogen and oxygen atoms in total. The van der Waals surface area contributed by atoms with E-state index in [4.69, 9.17) is 21.1 Å². The van der Waals surface area contributed by atoms with Crippen LogP contribution in [0.15, 0.2) is 41.5 Å². The summed E-state index contributed by atoms with van der Waals surface area (Å²) >= 11 is 6.23. The van der Waals surface area contributed by atoms with Crippen molar-refractivity contribution in [2.75, 3.05) is 26.3 Å². The lowest BCUT2D eigenvalue weighted by molar-refractivity contribution is -0.142. The Morgan fingerprint density at radius 3 is 2.89 bits per heavy atom. The van der Waals surface area contributed by atoms with Crippen LogP contribution in [-0.2, 0) is 9.53 Å². The summed E-state index contributed by atoms with van der Waals surface area (Å²) in [6.45, 7) is -0.270. The van der Waals surface area contributed by atoms with Gasteiger partial charge in [0.15, 0.2) is 18.1 Å². The normalized spacial score (nSPS) is 10.9. The number of anilines is 1. The van der Waals surface area contributed by atoms with Crippen LogP contribution in [0, 0.1) is 0 Å². The van der Waals surface area contributed by atoms with E-state index in [1.807, 2.05) is 24.3 Å². The van der Waals surface area contributed by atoms with Crippen LogP contribution in [0.2, 0.25) is 5.02 Å². The first-order chi connectivity index (χ1) is 13.1. The Labute approximate surface area is 160 Å². The highest BCUT2D eigenvalue weighted by molar-refractivity contribution is 6.32. The molecule has 9 heteroatoms. The number of hydrogen-bond acceptors (Lipinski definition) is 7. The summed E-state index contributed by atoms with van der Waals surface area (Å²) in [6.07, 6.45) is 1.56. The van der Waals surface area contributed by atoms with Crippen LogP contribution < -0.4 is 14.9 Å². The van der Waals surface area contributed by atoms with E-state index >= 15 is 0 Å². The summed E-state index contributed by atoms with van der Waals surface area (Å²) in [4.78, 5) is 18.7. The van der Waals surface area contributed by atoms with Crippen LogP contribution in [0.5, 0.6) is 11.5 Å². The number of fused-ring (bicyclic) bond motifs is 1. The van der Waals surface area contributed by atoms with Gasteiger partial charge in [0.2, 0.25) is 5.95 Å². The number of hydrazone groups is 1. The van der Waals surface area contributed by atoms with Gasteiger partial charge < -0.3 is 19.2 Å². The van der Waals surface area contributed by atoms with Crippen molar-refractivity contribution in [3.63, 3.8) is 0 Å². The minimum absolute atomic E-state index is 0.256. The van der Waals surface area contributed by atoms with Gasteiger partial charge in [-0.05, 0) is 29.8 Å². The van der Waals surface area contributed by atoms with Gasteiger partial charge in [-0.3, -0.25) is 0 Å². The van der Waals surface area contributed by atoms with Crippen molar-refractivity contribution in [2.24, 2.45) is 5.10 Å². The number of carbonyl (C=O) groups is 1. The number of aromatic nitrogens is 2. The molecule has 3 rings (SSSR count). The molecule has 0 aliphatic rings. The van der Waals surface area contributed by atoms with Gasteiger partial charge in [-0.1, -0.05) is 23.7 Å². The molecule has 0 saturated carbocycles. The fourth-order valence-corrected chi connectivity index (χ4v) is 2.59. The average molecular weight is 389 g/mol. The SMILES string of the molecule is COC(=O)COc1c(Cl)cc(/C=N/Nc2nc3ccccc3[nH]2)cc1OC. The average Bonchev–Trinajstić information content (AvgIpc) is 3.09. The lowest BCUT2D eigenvalue weighted by Gasteiger charge is -2.12. The Morgan fingerprint density at radius 2 is 2.15 bits per heavy atom. The van der Waals surface area contributed by atoms with Gasteiger partial charge in [0.25, 0.3) is 0 Å². The molecule has 0 aliphatic carbocycles. The predicted molar refractivity (Wildman–Crippen MR) is 103 cm³/mol. The number of ether oxygens (including phenoxy) is 3. The summed E-state index contributed by atoms with van der Waals surface area (Å²) in [5, 5.41) is 4.42. The maximum Gasteiger partial charge on any atom is 0.343 e. The van der Waals surface area contributed by atoms with Crippen LogP contribution in [0.3, 0.4) is 0 Å². The number of benzene rings is 2. The van der Waals surface area contributed by atoms with Gasteiger partial charge in [0.05, 0.1) is 36.5 Å². The fraction of sp³-hybridized carbons (Fsp3) is 0.167. The number of imidazole rings is 1. The van der Waals surface area contributed by atoms with E-state index in [1.165, 1.54) is 14.2 Å². The number of carbonyl (C=O) groups excluding carboxylic acids is 1. The molecule has 0 radical (unpaired) electrons.